The Morgan fingerprint density at radius 1 is 1.38 bits per heavy atom. The van der Waals surface area contributed by atoms with Crippen molar-refractivity contribution >= 4 is 21.6 Å². The Morgan fingerprint density at radius 3 is 2.69 bits per heavy atom. The minimum absolute atomic E-state index is 0.101. The van der Waals surface area contributed by atoms with Gasteiger partial charge in [-0.1, -0.05) is 0 Å². The molecule has 0 bridgehead atoms. The molecule has 2 fully saturated rings. The Bertz CT molecular complexity index is 321. The van der Waals surface area contributed by atoms with Crippen molar-refractivity contribution in [2.24, 2.45) is 5.92 Å². The normalized spacial score (nSPS) is 34.9. The summed E-state index contributed by atoms with van der Waals surface area (Å²) in [6, 6.07) is 0. The number of rotatable bonds is 5. The second-order valence-electron chi connectivity index (χ2n) is 4.70. The van der Waals surface area contributed by atoms with Crippen molar-refractivity contribution in [3.8, 4) is 0 Å². The second-order valence-corrected chi connectivity index (χ2v) is 7.17. The molecule has 1 aliphatic heterocycles. The lowest BCUT2D eigenvalue weighted by Crippen LogP contribution is -2.39. The molecule has 0 aromatic heterocycles. The molecule has 1 unspecified atom stereocenters. The van der Waals surface area contributed by atoms with Crippen LogP contribution in [0.5, 0.6) is 0 Å². The van der Waals surface area contributed by atoms with Gasteiger partial charge < -0.3 is 4.74 Å². The molecule has 0 radical (unpaired) electrons. The minimum atomic E-state index is -3.17. The van der Waals surface area contributed by atoms with Crippen LogP contribution in [0.4, 0.5) is 0 Å². The molecule has 0 amide bonds. The number of sulfonamides is 1. The highest BCUT2D eigenvalue weighted by Crippen LogP contribution is 2.31. The van der Waals surface area contributed by atoms with Crippen molar-refractivity contribution in [2.45, 2.75) is 37.2 Å². The Balaban J connectivity index is 1.70. The van der Waals surface area contributed by atoms with Crippen molar-refractivity contribution in [3.05, 3.63) is 0 Å². The van der Waals surface area contributed by atoms with E-state index in [0.717, 1.165) is 25.7 Å². The summed E-state index contributed by atoms with van der Waals surface area (Å²) in [5.74, 6) is 0.520. The molecule has 94 valence electrons. The first-order valence-electron chi connectivity index (χ1n) is 5.78. The average Bonchev–Trinajstić information content (AvgIpc) is 2.62. The van der Waals surface area contributed by atoms with E-state index in [-0.39, 0.29) is 17.2 Å². The average molecular weight is 268 g/mol. The lowest BCUT2D eigenvalue weighted by Gasteiger charge is -2.30. The van der Waals surface area contributed by atoms with E-state index in [0.29, 0.717) is 19.1 Å². The third-order valence-corrected chi connectivity index (χ3v) is 4.97. The first-order valence-corrected chi connectivity index (χ1v) is 7.87. The third-order valence-electron chi connectivity index (χ3n) is 3.20. The largest absolute Gasteiger partial charge is 0.377 e. The Labute approximate surface area is 102 Å². The molecule has 2 aliphatic rings. The van der Waals surface area contributed by atoms with Gasteiger partial charge in [-0.2, -0.15) is 0 Å². The van der Waals surface area contributed by atoms with E-state index in [4.69, 9.17) is 16.3 Å². The maximum Gasteiger partial charge on any atom is 0.214 e. The summed E-state index contributed by atoms with van der Waals surface area (Å²) in [5, 5.41) is 0.243. The first kappa shape index (κ1) is 12.6. The molecule has 0 aromatic carbocycles. The topological polar surface area (TPSA) is 55.4 Å². The van der Waals surface area contributed by atoms with E-state index in [1.54, 1.807) is 0 Å². The van der Waals surface area contributed by atoms with E-state index in [2.05, 4.69) is 4.72 Å². The van der Waals surface area contributed by atoms with Crippen LogP contribution in [-0.4, -0.2) is 38.8 Å². The quantitative estimate of drug-likeness (QED) is 0.759. The van der Waals surface area contributed by atoms with Crippen molar-refractivity contribution in [2.75, 3.05) is 18.9 Å². The highest BCUT2D eigenvalue weighted by Gasteiger charge is 2.29. The minimum Gasteiger partial charge on any atom is -0.377 e. The standard InChI is InChI=1S/C10H18ClNO3S/c11-9-4-8(5-9)6-12-16(13,14)7-10-2-1-3-15-10/h8-10,12H,1-7H2. The van der Waals surface area contributed by atoms with Crippen LogP contribution >= 0.6 is 11.6 Å². The van der Waals surface area contributed by atoms with Crippen LogP contribution < -0.4 is 4.72 Å². The zero-order chi connectivity index (χ0) is 11.6. The van der Waals surface area contributed by atoms with Crippen molar-refractivity contribution in [3.63, 3.8) is 0 Å². The molecule has 4 nitrogen and oxygen atoms in total. The maximum atomic E-state index is 11.7. The van der Waals surface area contributed by atoms with Gasteiger partial charge in [-0.25, -0.2) is 13.1 Å². The smallest absolute Gasteiger partial charge is 0.214 e. The van der Waals surface area contributed by atoms with Crippen LogP contribution in [0.15, 0.2) is 0 Å². The van der Waals surface area contributed by atoms with Gasteiger partial charge in [0.05, 0.1) is 11.9 Å². The van der Waals surface area contributed by atoms with Crippen molar-refractivity contribution in [1.82, 2.24) is 4.72 Å². The lowest BCUT2D eigenvalue weighted by molar-refractivity contribution is 0.127. The summed E-state index contributed by atoms with van der Waals surface area (Å²) in [6.45, 7) is 1.22. The van der Waals surface area contributed by atoms with Crippen molar-refractivity contribution < 1.29 is 13.2 Å². The number of ether oxygens (including phenoxy) is 1. The molecule has 0 spiro atoms. The molecule has 0 aromatic rings. The predicted octanol–water partition coefficient (Wildman–Crippen LogP) is 1.10. The van der Waals surface area contributed by atoms with E-state index in [1.165, 1.54) is 0 Å². The molecular formula is C10H18ClNO3S. The highest BCUT2D eigenvalue weighted by molar-refractivity contribution is 7.89. The molecule has 16 heavy (non-hydrogen) atoms. The van der Waals surface area contributed by atoms with Gasteiger partial charge in [0.25, 0.3) is 0 Å². The number of nitrogens with one attached hydrogen (secondary N) is 1. The monoisotopic (exact) mass is 267 g/mol. The zero-order valence-electron chi connectivity index (χ0n) is 9.19. The van der Waals surface area contributed by atoms with Gasteiger partial charge in [0, 0.05) is 18.5 Å². The predicted molar refractivity (Wildman–Crippen MR) is 63.1 cm³/mol. The molecule has 1 N–H and O–H groups in total. The van der Waals surface area contributed by atoms with E-state index < -0.39 is 10.0 Å². The van der Waals surface area contributed by atoms with Crippen LogP contribution in [0, 0.1) is 5.92 Å². The summed E-state index contributed by atoms with van der Waals surface area (Å²) in [5.41, 5.74) is 0. The Hall–Kier alpha value is 0.160. The third kappa shape index (κ3) is 3.58. The Morgan fingerprint density at radius 2 is 2.12 bits per heavy atom. The fourth-order valence-corrected chi connectivity index (χ4v) is 4.01. The van der Waals surface area contributed by atoms with E-state index >= 15 is 0 Å². The van der Waals surface area contributed by atoms with Crippen molar-refractivity contribution in [1.29, 1.82) is 0 Å². The van der Waals surface area contributed by atoms with Gasteiger partial charge in [0.15, 0.2) is 0 Å². The van der Waals surface area contributed by atoms with Gasteiger partial charge in [-0.3, -0.25) is 0 Å². The number of hydrogen-bond donors (Lipinski definition) is 1. The number of alkyl halides is 1. The number of hydrogen-bond acceptors (Lipinski definition) is 3. The fourth-order valence-electron chi connectivity index (χ4n) is 2.15. The van der Waals surface area contributed by atoms with Crippen LogP contribution in [0.3, 0.4) is 0 Å². The highest BCUT2D eigenvalue weighted by atomic mass is 35.5. The van der Waals surface area contributed by atoms with Gasteiger partial charge in [-0.05, 0) is 31.6 Å². The summed E-state index contributed by atoms with van der Waals surface area (Å²) < 4.78 is 31.3. The molecule has 1 heterocycles. The van der Waals surface area contributed by atoms with E-state index in [1.807, 2.05) is 0 Å². The zero-order valence-corrected chi connectivity index (χ0v) is 10.8. The Kier molecular flexibility index (Phi) is 4.11. The van der Waals surface area contributed by atoms with Gasteiger partial charge in [0.2, 0.25) is 10.0 Å². The van der Waals surface area contributed by atoms with Crippen LogP contribution in [0.25, 0.3) is 0 Å². The SMILES string of the molecule is O=S(=O)(CC1CCCO1)NCC1CC(Cl)C1. The molecule has 1 saturated carbocycles. The number of halogens is 1. The van der Waals surface area contributed by atoms with Gasteiger partial charge in [-0.15, -0.1) is 11.6 Å². The summed E-state index contributed by atoms with van der Waals surface area (Å²) in [4.78, 5) is 0. The van der Waals surface area contributed by atoms with Crippen LogP contribution in [0.1, 0.15) is 25.7 Å². The molecule has 1 saturated heterocycles. The molecule has 2 rings (SSSR count). The summed E-state index contributed by atoms with van der Waals surface area (Å²) in [7, 11) is -3.17. The second kappa shape index (κ2) is 5.21. The molecule has 1 aliphatic carbocycles. The van der Waals surface area contributed by atoms with Crippen LogP contribution in [0.2, 0.25) is 0 Å². The fraction of sp³-hybridized carbons (Fsp3) is 1.00. The lowest BCUT2D eigenvalue weighted by atomic mass is 9.85. The molecule has 1 atom stereocenters. The maximum absolute atomic E-state index is 11.7. The summed E-state index contributed by atoms with van der Waals surface area (Å²) >= 11 is 5.83. The van der Waals surface area contributed by atoms with Crippen LogP contribution in [-0.2, 0) is 14.8 Å². The molecule has 6 heteroatoms. The van der Waals surface area contributed by atoms with Gasteiger partial charge in [0.1, 0.15) is 0 Å². The summed E-state index contributed by atoms with van der Waals surface area (Å²) in [6.07, 6.45) is 3.55. The molecular weight excluding hydrogens is 250 g/mol. The van der Waals surface area contributed by atoms with E-state index in [9.17, 15) is 8.42 Å². The van der Waals surface area contributed by atoms with Gasteiger partial charge >= 0.3 is 0 Å². The first-order chi connectivity index (χ1) is 7.55.